The molecule has 6 nitrogen and oxygen atoms in total. The molecule has 136 valence electrons. The molecule has 1 spiro atoms. The Balaban J connectivity index is 1.69. The molecule has 2 saturated heterocycles. The molecule has 7 heteroatoms. The molecule has 1 atom stereocenters. The number of nitrogens with zero attached hydrogens (tertiary/aromatic N) is 2. The van der Waals surface area contributed by atoms with Gasteiger partial charge in [-0.15, -0.1) is 0 Å². The van der Waals surface area contributed by atoms with Crippen LogP contribution in [0.1, 0.15) is 24.8 Å². The van der Waals surface area contributed by atoms with Gasteiger partial charge in [-0.2, -0.15) is 0 Å². The Labute approximate surface area is 146 Å². The molecule has 1 amide bonds. The van der Waals surface area contributed by atoms with Gasteiger partial charge in [-0.1, -0.05) is 6.07 Å². The zero-order valence-corrected chi connectivity index (χ0v) is 14.5. The summed E-state index contributed by atoms with van der Waals surface area (Å²) in [5.74, 6) is -1.51. The van der Waals surface area contributed by atoms with E-state index in [0.29, 0.717) is 43.8 Å². The van der Waals surface area contributed by atoms with E-state index in [4.69, 9.17) is 4.74 Å². The maximum absolute atomic E-state index is 14.1. The first-order valence-corrected chi connectivity index (χ1v) is 8.41. The first kappa shape index (κ1) is 17.7. The van der Waals surface area contributed by atoms with Crippen molar-refractivity contribution in [1.82, 2.24) is 9.80 Å². The summed E-state index contributed by atoms with van der Waals surface area (Å²) in [4.78, 5) is 27.3. The van der Waals surface area contributed by atoms with E-state index >= 15 is 0 Å². The van der Waals surface area contributed by atoms with Crippen LogP contribution in [-0.4, -0.2) is 59.6 Å². The summed E-state index contributed by atoms with van der Waals surface area (Å²) < 4.78 is 19.1. The predicted octanol–water partition coefficient (Wildman–Crippen LogP) is 1.73. The second-order valence-corrected chi connectivity index (χ2v) is 6.88. The third-order valence-corrected chi connectivity index (χ3v) is 5.74. The van der Waals surface area contributed by atoms with Crippen molar-refractivity contribution >= 4 is 11.9 Å². The van der Waals surface area contributed by atoms with Crippen LogP contribution in [0.25, 0.3) is 0 Å². The van der Waals surface area contributed by atoms with Crippen molar-refractivity contribution in [3.05, 3.63) is 29.6 Å². The topological polar surface area (TPSA) is 70.1 Å². The van der Waals surface area contributed by atoms with E-state index in [1.807, 2.05) is 0 Å². The minimum absolute atomic E-state index is 0.0684. The largest absolute Gasteiger partial charge is 0.497 e. The number of carboxylic acids is 1. The molecular formula is C18H23FN2O4. The lowest BCUT2D eigenvalue weighted by Gasteiger charge is -2.45. The van der Waals surface area contributed by atoms with E-state index in [9.17, 15) is 19.1 Å². The number of piperidine rings is 1. The maximum Gasteiger partial charge on any atom is 0.309 e. The van der Waals surface area contributed by atoms with E-state index in [1.54, 1.807) is 24.1 Å². The Bertz CT molecular complexity index is 686. The van der Waals surface area contributed by atoms with E-state index in [1.165, 1.54) is 13.2 Å². The van der Waals surface area contributed by atoms with Crippen molar-refractivity contribution in [1.29, 1.82) is 0 Å². The number of carboxylic acid groups (broad SMARTS) is 1. The summed E-state index contributed by atoms with van der Waals surface area (Å²) in [7, 11) is 3.20. The highest BCUT2D eigenvalue weighted by Crippen LogP contribution is 2.43. The Hall–Kier alpha value is -2.15. The van der Waals surface area contributed by atoms with Gasteiger partial charge >= 0.3 is 5.97 Å². The molecule has 25 heavy (non-hydrogen) atoms. The molecule has 0 aromatic heterocycles. The molecule has 2 fully saturated rings. The van der Waals surface area contributed by atoms with Crippen LogP contribution in [0.4, 0.5) is 4.39 Å². The first-order chi connectivity index (χ1) is 11.9. The third-order valence-electron chi connectivity index (χ3n) is 5.74. The van der Waals surface area contributed by atoms with Gasteiger partial charge in [0.25, 0.3) is 0 Å². The Kier molecular flexibility index (Phi) is 4.69. The van der Waals surface area contributed by atoms with Gasteiger partial charge in [-0.3, -0.25) is 14.5 Å². The lowest BCUT2D eigenvalue weighted by atomic mass is 9.77. The van der Waals surface area contributed by atoms with Gasteiger partial charge in [-0.05, 0) is 18.9 Å². The fourth-order valence-corrected chi connectivity index (χ4v) is 4.11. The van der Waals surface area contributed by atoms with Crippen LogP contribution in [0.15, 0.2) is 18.2 Å². The van der Waals surface area contributed by atoms with Crippen LogP contribution in [0.5, 0.6) is 5.75 Å². The fourth-order valence-electron chi connectivity index (χ4n) is 4.11. The van der Waals surface area contributed by atoms with Gasteiger partial charge in [0, 0.05) is 44.7 Å². The minimum Gasteiger partial charge on any atom is -0.497 e. The average Bonchev–Trinajstić information content (AvgIpc) is 2.84. The molecule has 0 bridgehead atoms. The zero-order valence-electron chi connectivity index (χ0n) is 14.5. The highest BCUT2D eigenvalue weighted by Gasteiger charge is 2.55. The van der Waals surface area contributed by atoms with Crippen molar-refractivity contribution in [2.24, 2.45) is 5.92 Å². The maximum atomic E-state index is 14.1. The molecule has 0 saturated carbocycles. The van der Waals surface area contributed by atoms with Gasteiger partial charge in [0.05, 0.1) is 18.6 Å². The van der Waals surface area contributed by atoms with Crippen molar-refractivity contribution in [2.45, 2.75) is 31.3 Å². The Morgan fingerprint density at radius 1 is 1.40 bits per heavy atom. The van der Waals surface area contributed by atoms with Crippen LogP contribution in [0.3, 0.4) is 0 Å². The molecule has 1 aromatic carbocycles. The van der Waals surface area contributed by atoms with Gasteiger partial charge in [0.15, 0.2) is 0 Å². The van der Waals surface area contributed by atoms with Crippen LogP contribution < -0.4 is 4.74 Å². The molecule has 2 aliphatic rings. The number of amides is 1. The number of aliphatic carboxylic acids is 1. The van der Waals surface area contributed by atoms with Crippen molar-refractivity contribution in [2.75, 3.05) is 27.2 Å². The molecule has 3 rings (SSSR count). The van der Waals surface area contributed by atoms with E-state index < -0.39 is 17.4 Å². The monoisotopic (exact) mass is 350 g/mol. The molecule has 2 aliphatic heterocycles. The second-order valence-electron chi connectivity index (χ2n) is 6.88. The average molecular weight is 350 g/mol. The van der Waals surface area contributed by atoms with E-state index in [2.05, 4.69) is 4.90 Å². The van der Waals surface area contributed by atoms with Crippen LogP contribution in [0.2, 0.25) is 0 Å². The van der Waals surface area contributed by atoms with Crippen molar-refractivity contribution in [3.8, 4) is 5.75 Å². The molecule has 1 aromatic rings. The first-order valence-electron chi connectivity index (χ1n) is 8.41. The highest BCUT2D eigenvalue weighted by atomic mass is 19.1. The highest BCUT2D eigenvalue weighted by molar-refractivity contribution is 5.88. The summed E-state index contributed by atoms with van der Waals surface area (Å²) in [6.07, 6.45) is 1.24. The standard InChI is InChI=1S/C18H23FN2O4/c1-20-16(22)10-14(17(23)24)18(20)5-7-21(8-6-18)11-12-3-4-13(25-2)9-15(12)19/h3-4,9,14H,5-8,10-11H2,1-2H3,(H,23,24)/t14-/m1/s1. The fraction of sp³-hybridized carbons (Fsp3) is 0.556. The van der Waals surface area contributed by atoms with Crippen LogP contribution >= 0.6 is 0 Å². The molecule has 1 N–H and O–H groups in total. The number of benzene rings is 1. The van der Waals surface area contributed by atoms with Crippen LogP contribution in [0, 0.1) is 11.7 Å². The number of halogens is 1. The summed E-state index contributed by atoms with van der Waals surface area (Å²) in [6, 6.07) is 4.81. The third kappa shape index (κ3) is 3.08. The number of carbonyl (C=O) groups is 2. The van der Waals surface area contributed by atoms with Crippen molar-refractivity contribution in [3.63, 3.8) is 0 Å². The molecule has 0 aliphatic carbocycles. The Morgan fingerprint density at radius 3 is 2.64 bits per heavy atom. The van der Waals surface area contributed by atoms with E-state index in [0.717, 1.165) is 0 Å². The smallest absolute Gasteiger partial charge is 0.309 e. The normalized spacial score (nSPS) is 23.2. The SMILES string of the molecule is COc1ccc(CN2CCC3(CC2)[C@@H](C(=O)O)CC(=O)N3C)c(F)c1. The van der Waals surface area contributed by atoms with Gasteiger partial charge in [0.2, 0.25) is 5.91 Å². The number of likely N-dealkylation sites (tertiary alicyclic amines) is 2. The van der Waals surface area contributed by atoms with Gasteiger partial charge in [-0.25, -0.2) is 4.39 Å². The lowest BCUT2D eigenvalue weighted by molar-refractivity contribution is -0.146. The molecular weight excluding hydrogens is 327 g/mol. The number of rotatable bonds is 4. The molecule has 2 heterocycles. The number of carbonyl (C=O) groups excluding carboxylic acids is 1. The number of hydrogen-bond donors (Lipinski definition) is 1. The van der Waals surface area contributed by atoms with E-state index in [-0.39, 0.29) is 18.1 Å². The van der Waals surface area contributed by atoms with Gasteiger partial charge < -0.3 is 14.7 Å². The van der Waals surface area contributed by atoms with Crippen LogP contribution in [-0.2, 0) is 16.1 Å². The predicted molar refractivity (Wildman–Crippen MR) is 88.7 cm³/mol. The summed E-state index contributed by atoms with van der Waals surface area (Å²) in [5.41, 5.74) is -0.0277. The molecule has 0 radical (unpaired) electrons. The van der Waals surface area contributed by atoms with Crippen molar-refractivity contribution < 1.29 is 23.8 Å². The summed E-state index contributed by atoms with van der Waals surface area (Å²) >= 11 is 0. The summed E-state index contributed by atoms with van der Waals surface area (Å²) in [6.45, 7) is 1.72. The number of methoxy groups -OCH3 is 1. The zero-order chi connectivity index (χ0) is 18.2. The number of ether oxygens (including phenoxy) is 1. The quantitative estimate of drug-likeness (QED) is 0.896. The number of hydrogen-bond acceptors (Lipinski definition) is 4. The lowest BCUT2D eigenvalue weighted by Crippen LogP contribution is -2.55. The summed E-state index contributed by atoms with van der Waals surface area (Å²) in [5, 5.41) is 9.50. The second kappa shape index (κ2) is 6.63. The molecule has 0 unspecified atom stereocenters. The Morgan fingerprint density at radius 2 is 2.08 bits per heavy atom. The van der Waals surface area contributed by atoms with Gasteiger partial charge in [0.1, 0.15) is 11.6 Å². The minimum atomic E-state index is -0.910.